The van der Waals surface area contributed by atoms with Gasteiger partial charge in [0.05, 0.1) is 20.8 Å². The maximum Gasteiger partial charge on any atom is 0.272 e. The highest BCUT2D eigenvalue weighted by molar-refractivity contribution is 6.01. The highest BCUT2D eigenvalue weighted by atomic mass is 19.1. The minimum absolute atomic E-state index is 0.0682. The molecular weight excluding hydrogens is 493 g/mol. The summed E-state index contributed by atoms with van der Waals surface area (Å²) >= 11 is 0. The van der Waals surface area contributed by atoms with Crippen LogP contribution >= 0.6 is 0 Å². The second-order valence-corrected chi connectivity index (χ2v) is 9.21. The molecule has 1 aromatic heterocycles. The number of rotatable bonds is 9. The highest BCUT2D eigenvalue weighted by Gasteiger charge is 2.46. The van der Waals surface area contributed by atoms with E-state index >= 15 is 0 Å². The Balaban J connectivity index is 1.40. The summed E-state index contributed by atoms with van der Waals surface area (Å²) in [6, 6.07) is 12.8. The van der Waals surface area contributed by atoms with E-state index in [1.807, 2.05) is 12.1 Å². The zero-order chi connectivity index (χ0) is 27.4. The Morgan fingerprint density at radius 2 is 1.71 bits per heavy atom. The molecule has 0 radical (unpaired) electrons. The number of amides is 3. The molecule has 0 spiro atoms. The van der Waals surface area contributed by atoms with Crippen LogP contribution in [0, 0.1) is 5.82 Å². The molecule has 0 bridgehead atoms. The molecule has 0 saturated heterocycles. The van der Waals surface area contributed by atoms with Gasteiger partial charge in [0.2, 0.25) is 5.91 Å². The van der Waals surface area contributed by atoms with Crippen LogP contribution in [0.2, 0.25) is 0 Å². The predicted molar refractivity (Wildman–Crippen MR) is 137 cm³/mol. The van der Waals surface area contributed by atoms with E-state index in [2.05, 4.69) is 15.7 Å². The number of carbonyl (C=O) groups excluding carboxylic acids is 3. The molecule has 0 unspecified atom stereocenters. The van der Waals surface area contributed by atoms with Crippen LogP contribution in [0.5, 0.6) is 11.5 Å². The minimum atomic E-state index is -1.24. The Hall–Kier alpha value is -4.41. The first-order valence-electron chi connectivity index (χ1n) is 12.0. The third kappa shape index (κ3) is 5.31. The molecule has 3 amide bonds. The van der Waals surface area contributed by atoms with E-state index in [0.29, 0.717) is 24.5 Å². The Morgan fingerprint density at radius 3 is 2.39 bits per heavy atom. The van der Waals surface area contributed by atoms with Crippen LogP contribution in [0.1, 0.15) is 39.0 Å². The van der Waals surface area contributed by atoms with Gasteiger partial charge < -0.3 is 25.0 Å². The second-order valence-electron chi connectivity index (χ2n) is 9.21. The van der Waals surface area contributed by atoms with Gasteiger partial charge in [0.25, 0.3) is 11.8 Å². The quantitative estimate of drug-likeness (QED) is 0.444. The fourth-order valence-corrected chi connectivity index (χ4v) is 4.26. The smallest absolute Gasteiger partial charge is 0.272 e. The number of halogens is 1. The normalized spacial score (nSPS) is 16.6. The summed E-state index contributed by atoms with van der Waals surface area (Å²) in [5.41, 5.74) is 0.745. The number of fused-ring (bicyclic) bond motifs is 1. The van der Waals surface area contributed by atoms with E-state index in [4.69, 9.17) is 9.47 Å². The number of methoxy groups -OCH3 is 2. The number of ether oxygens (including phenoxy) is 2. The van der Waals surface area contributed by atoms with Crippen LogP contribution in [0.3, 0.4) is 0 Å². The van der Waals surface area contributed by atoms with Crippen molar-refractivity contribution >= 4 is 17.7 Å². The fraction of sp³-hybridized carbons (Fsp3) is 0.333. The summed E-state index contributed by atoms with van der Waals surface area (Å²) in [4.78, 5) is 40.3. The number of hydrogen-bond donors (Lipinski definition) is 2. The van der Waals surface area contributed by atoms with Crippen LogP contribution < -0.4 is 20.1 Å². The number of nitrogens with one attached hydrogen (secondary N) is 2. The maximum absolute atomic E-state index is 13.2. The van der Waals surface area contributed by atoms with Crippen molar-refractivity contribution in [2.24, 2.45) is 0 Å². The van der Waals surface area contributed by atoms with Gasteiger partial charge in [-0.05, 0) is 48.7 Å². The Bertz CT molecular complexity index is 1360. The summed E-state index contributed by atoms with van der Waals surface area (Å²) in [7, 11) is 4.66. The van der Waals surface area contributed by atoms with E-state index in [1.54, 1.807) is 46.4 Å². The average Bonchev–Trinajstić information content (AvgIpc) is 3.35. The van der Waals surface area contributed by atoms with Crippen molar-refractivity contribution in [3.63, 3.8) is 0 Å². The monoisotopic (exact) mass is 523 g/mol. The molecule has 2 N–H and O–H groups in total. The standard InChI is InChI=1S/C27H30FN5O5/c1-27(26(36)30-15-18-5-8-19(28)9-6-18)16-33-21(25(35)32(27)2)14-20(31-33)24(34)29-12-11-17-7-10-22(37-3)23(13-17)38-4/h5-10,13-14H,11-12,15-16H2,1-4H3,(H,29,34)(H,30,36)/t27-/m1/s1. The molecule has 1 aliphatic heterocycles. The third-order valence-electron chi connectivity index (χ3n) is 6.74. The largest absolute Gasteiger partial charge is 0.493 e. The molecule has 4 rings (SSSR count). The van der Waals surface area contributed by atoms with Gasteiger partial charge in [-0.2, -0.15) is 5.10 Å². The van der Waals surface area contributed by atoms with Crippen LogP contribution in [0.15, 0.2) is 48.5 Å². The van der Waals surface area contributed by atoms with E-state index < -0.39 is 17.4 Å². The van der Waals surface area contributed by atoms with Crippen molar-refractivity contribution in [2.75, 3.05) is 27.8 Å². The van der Waals surface area contributed by atoms with Crippen molar-refractivity contribution in [3.8, 4) is 11.5 Å². The van der Waals surface area contributed by atoms with Crippen LogP contribution in [0.25, 0.3) is 0 Å². The number of aromatic nitrogens is 2. The molecule has 38 heavy (non-hydrogen) atoms. The molecule has 11 heteroatoms. The first-order valence-corrected chi connectivity index (χ1v) is 12.0. The van der Waals surface area contributed by atoms with Gasteiger partial charge in [0, 0.05) is 26.2 Å². The highest BCUT2D eigenvalue weighted by Crippen LogP contribution is 2.28. The first kappa shape index (κ1) is 26.6. The first-order chi connectivity index (χ1) is 18.2. The molecule has 2 aromatic carbocycles. The zero-order valence-corrected chi connectivity index (χ0v) is 21.7. The summed E-state index contributed by atoms with van der Waals surface area (Å²) in [5.74, 6) is -0.380. The minimum Gasteiger partial charge on any atom is -0.493 e. The van der Waals surface area contributed by atoms with Gasteiger partial charge in [0.15, 0.2) is 17.2 Å². The molecule has 2 heterocycles. The van der Waals surface area contributed by atoms with Crippen molar-refractivity contribution in [1.82, 2.24) is 25.3 Å². The number of carbonyl (C=O) groups is 3. The summed E-state index contributed by atoms with van der Waals surface area (Å²) < 4.78 is 25.1. The molecule has 0 saturated carbocycles. The van der Waals surface area contributed by atoms with Crippen LogP contribution in [0.4, 0.5) is 4.39 Å². The Labute approximate surface area is 219 Å². The van der Waals surface area contributed by atoms with E-state index in [1.165, 1.54) is 27.8 Å². The topological polar surface area (TPSA) is 115 Å². The van der Waals surface area contributed by atoms with E-state index in [-0.39, 0.29) is 36.2 Å². The maximum atomic E-state index is 13.2. The van der Waals surface area contributed by atoms with Crippen molar-refractivity contribution in [1.29, 1.82) is 0 Å². The lowest BCUT2D eigenvalue weighted by molar-refractivity contribution is -0.132. The zero-order valence-electron chi connectivity index (χ0n) is 21.7. The predicted octanol–water partition coefficient (Wildman–Crippen LogP) is 2.17. The molecular formula is C27H30FN5O5. The molecule has 1 atom stereocenters. The fourth-order valence-electron chi connectivity index (χ4n) is 4.26. The summed E-state index contributed by atoms with van der Waals surface area (Å²) in [6.45, 7) is 2.22. The number of benzene rings is 2. The third-order valence-corrected chi connectivity index (χ3v) is 6.74. The van der Waals surface area contributed by atoms with Gasteiger partial charge in [0.1, 0.15) is 17.1 Å². The molecule has 0 fully saturated rings. The van der Waals surface area contributed by atoms with E-state index in [9.17, 15) is 18.8 Å². The molecule has 0 aliphatic carbocycles. The molecule has 200 valence electrons. The molecule has 10 nitrogen and oxygen atoms in total. The van der Waals surface area contributed by atoms with Gasteiger partial charge in [-0.3, -0.25) is 19.1 Å². The van der Waals surface area contributed by atoms with Gasteiger partial charge in [-0.1, -0.05) is 18.2 Å². The molecule has 1 aliphatic rings. The average molecular weight is 524 g/mol. The summed E-state index contributed by atoms with van der Waals surface area (Å²) in [6.07, 6.45) is 0.549. The van der Waals surface area contributed by atoms with Crippen LogP contribution in [-0.2, 0) is 24.3 Å². The number of likely N-dealkylation sites (N-methyl/N-ethyl adjacent to an activating group) is 1. The Morgan fingerprint density at radius 1 is 1.03 bits per heavy atom. The van der Waals surface area contributed by atoms with Gasteiger partial charge in [-0.25, -0.2) is 4.39 Å². The number of nitrogens with zero attached hydrogens (tertiary/aromatic N) is 3. The lowest BCUT2D eigenvalue weighted by Gasteiger charge is -2.40. The van der Waals surface area contributed by atoms with Crippen molar-refractivity contribution in [3.05, 3.63) is 76.9 Å². The van der Waals surface area contributed by atoms with E-state index in [0.717, 1.165) is 11.1 Å². The van der Waals surface area contributed by atoms with Gasteiger partial charge >= 0.3 is 0 Å². The Kier molecular flexibility index (Phi) is 7.65. The lowest BCUT2D eigenvalue weighted by Crippen LogP contribution is -2.62. The van der Waals surface area contributed by atoms with Gasteiger partial charge in [-0.15, -0.1) is 0 Å². The SMILES string of the molecule is COc1ccc(CCNC(=O)c2cc3n(n2)C[C@](C)(C(=O)NCc2ccc(F)cc2)N(C)C3=O)cc1OC. The van der Waals surface area contributed by atoms with Crippen LogP contribution in [-0.4, -0.2) is 65.8 Å². The summed E-state index contributed by atoms with van der Waals surface area (Å²) in [5, 5.41) is 9.94. The van der Waals surface area contributed by atoms with Crippen molar-refractivity contribution in [2.45, 2.75) is 32.0 Å². The molecule has 3 aromatic rings. The number of hydrogen-bond acceptors (Lipinski definition) is 6. The van der Waals surface area contributed by atoms with Crippen molar-refractivity contribution < 1.29 is 28.2 Å². The second kappa shape index (κ2) is 10.9. The lowest BCUT2D eigenvalue weighted by atomic mass is 9.96.